The van der Waals surface area contributed by atoms with Gasteiger partial charge in [0.15, 0.2) is 0 Å². The van der Waals surface area contributed by atoms with Crippen molar-refractivity contribution in [2.24, 2.45) is 0 Å². The van der Waals surface area contributed by atoms with Gasteiger partial charge in [0.1, 0.15) is 0 Å². The maximum atomic E-state index is 11.2. The number of benzene rings is 1. The van der Waals surface area contributed by atoms with Crippen LogP contribution in [-0.4, -0.2) is 46.3 Å². The van der Waals surface area contributed by atoms with E-state index in [0.29, 0.717) is 18.7 Å². The highest BCUT2D eigenvalue weighted by atomic mass is 16.4. The van der Waals surface area contributed by atoms with Gasteiger partial charge in [0.2, 0.25) is 0 Å². The molecule has 1 heterocycles. The third kappa shape index (κ3) is 3.87. The van der Waals surface area contributed by atoms with E-state index < -0.39 is 5.97 Å². The van der Waals surface area contributed by atoms with E-state index in [-0.39, 0.29) is 12.2 Å². The summed E-state index contributed by atoms with van der Waals surface area (Å²) in [5.41, 5.74) is 2.58. The Morgan fingerprint density at radius 1 is 1.24 bits per heavy atom. The Bertz CT molecular complexity index is 611. The lowest BCUT2D eigenvalue weighted by Crippen LogP contribution is -2.21. The molecule has 5 nitrogen and oxygen atoms in total. The Hall–Kier alpha value is -2.24. The van der Waals surface area contributed by atoms with Crippen molar-refractivity contribution in [2.75, 3.05) is 20.2 Å². The van der Waals surface area contributed by atoms with Crippen LogP contribution in [0.15, 0.2) is 42.6 Å². The van der Waals surface area contributed by atoms with Gasteiger partial charge in [0.25, 0.3) is 0 Å². The first kappa shape index (κ1) is 15.2. The molecule has 2 rings (SSSR count). The van der Waals surface area contributed by atoms with Crippen molar-refractivity contribution in [3.05, 3.63) is 53.9 Å². The second-order valence-corrected chi connectivity index (χ2v) is 4.85. The van der Waals surface area contributed by atoms with E-state index in [1.54, 1.807) is 24.4 Å². The topological polar surface area (TPSA) is 73.7 Å². The molecule has 0 fully saturated rings. The van der Waals surface area contributed by atoms with Gasteiger partial charge in [-0.15, -0.1) is 0 Å². The van der Waals surface area contributed by atoms with Crippen molar-refractivity contribution in [3.63, 3.8) is 0 Å². The van der Waals surface area contributed by atoms with Gasteiger partial charge in [-0.05, 0) is 24.7 Å². The van der Waals surface area contributed by atoms with Crippen LogP contribution >= 0.6 is 0 Å². The molecule has 0 radical (unpaired) electrons. The minimum absolute atomic E-state index is 0.112. The van der Waals surface area contributed by atoms with Crippen LogP contribution in [0.5, 0.6) is 0 Å². The Morgan fingerprint density at radius 2 is 2.00 bits per heavy atom. The number of hydrogen-bond donors (Lipinski definition) is 2. The molecule has 2 aromatic rings. The molecule has 0 bridgehead atoms. The average Bonchev–Trinajstić information content (AvgIpc) is 2.48. The zero-order valence-corrected chi connectivity index (χ0v) is 11.9. The highest BCUT2D eigenvalue weighted by Crippen LogP contribution is 2.23. The number of hydrogen-bond acceptors (Lipinski definition) is 4. The van der Waals surface area contributed by atoms with Crippen molar-refractivity contribution in [2.45, 2.75) is 6.54 Å². The molecule has 0 spiro atoms. The summed E-state index contributed by atoms with van der Waals surface area (Å²) in [6, 6.07) is 10.6. The molecule has 1 aromatic carbocycles. The third-order valence-corrected chi connectivity index (χ3v) is 3.21. The molecule has 0 saturated carbocycles. The van der Waals surface area contributed by atoms with E-state index >= 15 is 0 Å². The van der Waals surface area contributed by atoms with Crippen LogP contribution in [0.2, 0.25) is 0 Å². The Labute approximate surface area is 123 Å². The summed E-state index contributed by atoms with van der Waals surface area (Å²) >= 11 is 0. The van der Waals surface area contributed by atoms with Gasteiger partial charge in [-0.25, -0.2) is 4.79 Å². The fraction of sp³-hybridized carbons (Fsp3) is 0.250. The summed E-state index contributed by atoms with van der Waals surface area (Å²) < 4.78 is 0. The molecule has 0 saturated heterocycles. The van der Waals surface area contributed by atoms with E-state index in [1.165, 1.54) is 0 Å². The van der Waals surface area contributed by atoms with Crippen LogP contribution in [-0.2, 0) is 6.54 Å². The third-order valence-electron chi connectivity index (χ3n) is 3.21. The van der Waals surface area contributed by atoms with Gasteiger partial charge in [-0.2, -0.15) is 0 Å². The van der Waals surface area contributed by atoms with Crippen LogP contribution < -0.4 is 0 Å². The van der Waals surface area contributed by atoms with Crippen molar-refractivity contribution < 1.29 is 15.0 Å². The zero-order chi connectivity index (χ0) is 15.2. The fourth-order valence-corrected chi connectivity index (χ4v) is 2.12. The number of carboxylic acids is 1. The predicted molar refractivity (Wildman–Crippen MR) is 80.1 cm³/mol. The molecule has 0 aliphatic carbocycles. The van der Waals surface area contributed by atoms with Gasteiger partial charge in [0, 0.05) is 24.8 Å². The average molecular weight is 286 g/mol. The predicted octanol–water partition coefficient (Wildman–Crippen LogP) is 1.87. The number of rotatable bonds is 6. The number of carbonyl (C=O) groups is 1. The van der Waals surface area contributed by atoms with Gasteiger partial charge >= 0.3 is 5.97 Å². The van der Waals surface area contributed by atoms with Crippen LogP contribution in [0.1, 0.15) is 16.1 Å². The SMILES string of the molecule is CN(CCO)Cc1ccc(-c2ccccc2C(=O)O)cn1. The van der Waals surface area contributed by atoms with Crippen LogP contribution in [0.25, 0.3) is 11.1 Å². The number of aliphatic hydroxyl groups is 1. The van der Waals surface area contributed by atoms with Crippen molar-refractivity contribution in [1.29, 1.82) is 0 Å². The van der Waals surface area contributed by atoms with Crippen LogP contribution in [0.4, 0.5) is 0 Å². The number of carboxylic acid groups (broad SMARTS) is 1. The maximum Gasteiger partial charge on any atom is 0.336 e. The molecule has 110 valence electrons. The second-order valence-electron chi connectivity index (χ2n) is 4.85. The molecule has 0 unspecified atom stereocenters. The maximum absolute atomic E-state index is 11.2. The minimum atomic E-state index is -0.947. The van der Waals surface area contributed by atoms with Crippen molar-refractivity contribution in [3.8, 4) is 11.1 Å². The molecule has 2 N–H and O–H groups in total. The molecule has 0 aliphatic rings. The summed E-state index contributed by atoms with van der Waals surface area (Å²) in [5, 5.41) is 18.1. The van der Waals surface area contributed by atoms with Gasteiger partial charge in [-0.3, -0.25) is 9.88 Å². The number of aromatic carboxylic acids is 1. The van der Waals surface area contributed by atoms with E-state index in [4.69, 9.17) is 5.11 Å². The Morgan fingerprint density at radius 3 is 2.62 bits per heavy atom. The zero-order valence-electron chi connectivity index (χ0n) is 11.9. The molecule has 0 atom stereocenters. The summed E-state index contributed by atoms with van der Waals surface area (Å²) in [6.45, 7) is 1.34. The van der Waals surface area contributed by atoms with Gasteiger partial charge in [0.05, 0.1) is 17.9 Å². The lowest BCUT2D eigenvalue weighted by molar-refractivity contribution is 0.0697. The molecule has 5 heteroatoms. The van der Waals surface area contributed by atoms with Gasteiger partial charge in [-0.1, -0.05) is 24.3 Å². The summed E-state index contributed by atoms with van der Waals surface area (Å²) in [7, 11) is 1.91. The summed E-state index contributed by atoms with van der Waals surface area (Å²) in [4.78, 5) is 17.6. The van der Waals surface area contributed by atoms with E-state index in [2.05, 4.69) is 4.98 Å². The second kappa shape index (κ2) is 6.97. The van der Waals surface area contributed by atoms with Crippen molar-refractivity contribution >= 4 is 5.97 Å². The normalized spacial score (nSPS) is 10.8. The highest BCUT2D eigenvalue weighted by Gasteiger charge is 2.11. The van der Waals surface area contributed by atoms with E-state index in [0.717, 1.165) is 11.3 Å². The largest absolute Gasteiger partial charge is 0.478 e. The first-order valence-electron chi connectivity index (χ1n) is 6.69. The molecular formula is C16H18N2O3. The molecular weight excluding hydrogens is 268 g/mol. The number of aliphatic hydroxyl groups excluding tert-OH is 1. The molecule has 0 aliphatic heterocycles. The minimum Gasteiger partial charge on any atom is -0.478 e. The summed E-state index contributed by atoms with van der Waals surface area (Å²) in [5.74, 6) is -0.947. The Balaban J connectivity index is 2.21. The van der Waals surface area contributed by atoms with Gasteiger partial charge < -0.3 is 10.2 Å². The monoisotopic (exact) mass is 286 g/mol. The lowest BCUT2D eigenvalue weighted by atomic mass is 10.0. The smallest absolute Gasteiger partial charge is 0.336 e. The summed E-state index contributed by atoms with van der Waals surface area (Å²) in [6.07, 6.45) is 1.68. The number of aromatic nitrogens is 1. The quantitative estimate of drug-likeness (QED) is 0.848. The van der Waals surface area contributed by atoms with Crippen molar-refractivity contribution in [1.82, 2.24) is 9.88 Å². The van der Waals surface area contributed by atoms with Crippen LogP contribution in [0.3, 0.4) is 0 Å². The molecule has 21 heavy (non-hydrogen) atoms. The first-order chi connectivity index (χ1) is 10.1. The number of nitrogens with zero attached hydrogens (tertiary/aromatic N) is 2. The molecule has 1 aromatic heterocycles. The highest BCUT2D eigenvalue weighted by molar-refractivity contribution is 5.95. The lowest BCUT2D eigenvalue weighted by Gasteiger charge is -2.14. The standard InChI is InChI=1S/C16H18N2O3/c1-18(8-9-19)11-13-7-6-12(10-17-13)14-4-2-3-5-15(14)16(20)21/h2-7,10,19H,8-9,11H2,1H3,(H,20,21). The number of pyridine rings is 1. The molecule has 0 amide bonds. The van der Waals surface area contributed by atoms with E-state index in [9.17, 15) is 9.90 Å². The van der Waals surface area contributed by atoms with E-state index in [1.807, 2.05) is 30.1 Å². The number of likely N-dealkylation sites (N-methyl/N-ethyl adjacent to an activating group) is 1. The fourth-order valence-electron chi connectivity index (χ4n) is 2.12. The first-order valence-corrected chi connectivity index (χ1v) is 6.69. The Kier molecular flexibility index (Phi) is 5.03. The van der Waals surface area contributed by atoms with Crippen LogP contribution in [0, 0.1) is 0 Å².